The zero-order valence-corrected chi connectivity index (χ0v) is 31.7. The molecule has 6 aromatic rings. The molecule has 2 aliphatic carbocycles. The third-order valence-corrected chi connectivity index (χ3v) is 11.0. The Morgan fingerprint density at radius 2 is 1.40 bits per heavy atom. The molecule has 14 heteroatoms. The van der Waals surface area contributed by atoms with Gasteiger partial charge < -0.3 is 28.9 Å². The van der Waals surface area contributed by atoms with Crippen molar-refractivity contribution in [2.24, 2.45) is 9.98 Å². The number of nitrogens with zero attached hydrogens (tertiary/aromatic N) is 4. The largest absolute Gasteiger partial charge is 0.497 e. The molecule has 10 rings (SSSR count). The molecule has 4 N–H and O–H groups in total. The van der Waals surface area contributed by atoms with E-state index in [9.17, 15) is 9.59 Å². The van der Waals surface area contributed by atoms with Crippen molar-refractivity contribution in [2.45, 2.75) is 50.1 Å². The Balaban J connectivity index is 0.931. The molecule has 2 aromatic heterocycles. The number of oxazole rings is 2. The summed E-state index contributed by atoms with van der Waals surface area (Å²) in [6.45, 7) is 0. The number of benzene rings is 4. The minimum absolute atomic E-state index is 0.0262. The Hall–Kier alpha value is -7.22. The summed E-state index contributed by atoms with van der Waals surface area (Å²) in [7, 11) is 3.22. The minimum Gasteiger partial charge on any atom is -0.497 e. The van der Waals surface area contributed by atoms with E-state index in [1.165, 1.54) is 0 Å². The molecule has 3 atom stereocenters. The normalized spacial score (nSPS) is 20.5. The molecular formula is C44H38N8O6. The smallest absolute Gasteiger partial charge is 0.302 e. The van der Waals surface area contributed by atoms with Crippen LogP contribution in [0.2, 0.25) is 0 Å². The van der Waals surface area contributed by atoms with Crippen LogP contribution in [-0.4, -0.2) is 47.7 Å². The van der Waals surface area contributed by atoms with Crippen molar-refractivity contribution >= 4 is 57.7 Å². The van der Waals surface area contributed by atoms with Crippen LogP contribution in [0.5, 0.6) is 11.5 Å². The summed E-state index contributed by atoms with van der Waals surface area (Å²) in [5.74, 6) is 1.77. The third-order valence-electron chi connectivity index (χ3n) is 11.0. The summed E-state index contributed by atoms with van der Waals surface area (Å²) in [6, 6.07) is 27.8. The first-order valence-corrected chi connectivity index (χ1v) is 19.2. The van der Waals surface area contributed by atoms with E-state index < -0.39 is 18.0 Å². The quantitative estimate of drug-likeness (QED) is 0.125. The number of nitrogens with one attached hydrogen (secondary N) is 4. The third kappa shape index (κ3) is 6.32. The first-order valence-electron chi connectivity index (χ1n) is 19.2. The van der Waals surface area contributed by atoms with E-state index in [2.05, 4.69) is 26.3 Å². The molecule has 0 saturated carbocycles. The molecule has 3 unspecified atom stereocenters. The Labute approximate surface area is 332 Å². The predicted molar refractivity (Wildman–Crippen MR) is 218 cm³/mol. The van der Waals surface area contributed by atoms with Crippen LogP contribution in [-0.2, 0) is 9.59 Å². The number of carbonyl (C=O) groups excluding carboxylic acids is 2. The summed E-state index contributed by atoms with van der Waals surface area (Å²) < 4.78 is 23.3. The van der Waals surface area contributed by atoms with Crippen LogP contribution in [0.3, 0.4) is 0 Å². The van der Waals surface area contributed by atoms with Crippen molar-refractivity contribution in [3.05, 3.63) is 130 Å². The Bertz CT molecular complexity index is 2750. The number of guanidine groups is 2. The highest BCUT2D eigenvalue weighted by atomic mass is 16.5. The predicted octanol–water partition coefficient (Wildman–Crippen LogP) is 7.62. The molecule has 0 radical (unpaired) electrons. The second kappa shape index (κ2) is 14.4. The summed E-state index contributed by atoms with van der Waals surface area (Å²) in [4.78, 5) is 47.1. The molecule has 290 valence electrons. The van der Waals surface area contributed by atoms with Gasteiger partial charge in [-0.05, 0) is 79.3 Å². The number of ketones is 2. The molecule has 2 aliphatic heterocycles. The van der Waals surface area contributed by atoms with Crippen LogP contribution in [0.25, 0.3) is 22.2 Å². The zero-order valence-electron chi connectivity index (χ0n) is 31.7. The lowest BCUT2D eigenvalue weighted by atomic mass is 9.77. The number of aromatic nitrogens is 2. The number of ether oxygens (including phenoxy) is 2. The van der Waals surface area contributed by atoms with Crippen LogP contribution in [0.1, 0.15) is 66.8 Å². The van der Waals surface area contributed by atoms with E-state index in [-0.39, 0.29) is 17.6 Å². The maximum absolute atomic E-state index is 14.6. The number of hydrogen-bond acceptors (Lipinski definition) is 14. The van der Waals surface area contributed by atoms with Gasteiger partial charge in [-0.3, -0.25) is 20.2 Å². The number of rotatable bonds is 7. The van der Waals surface area contributed by atoms with Crippen molar-refractivity contribution < 1.29 is 27.9 Å². The van der Waals surface area contributed by atoms with E-state index in [1.54, 1.807) is 14.2 Å². The minimum atomic E-state index is -0.612. The average molecular weight is 775 g/mol. The molecule has 4 heterocycles. The molecule has 0 spiro atoms. The van der Waals surface area contributed by atoms with Gasteiger partial charge in [-0.15, -0.1) is 0 Å². The van der Waals surface area contributed by atoms with Gasteiger partial charge in [0.25, 0.3) is 0 Å². The van der Waals surface area contributed by atoms with Gasteiger partial charge in [-0.2, -0.15) is 9.97 Å². The lowest BCUT2D eigenvalue weighted by Crippen LogP contribution is -2.40. The Morgan fingerprint density at radius 1 is 0.672 bits per heavy atom. The van der Waals surface area contributed by atoms with E-state index in [4.69, 9.17) is 33.3 Å². The molecule has 0 amide bonds. The van der Waals surface area contributed by atoms with Crippen LogP contribution in [0, 0.1) is 0 Å². The molecule has 14 nitrogen and oxygen atoms in total. The molecular weight excluding hydrogens is 737 g/mol. The molecule has 4 aliphatic rings. The monoisotopic (exact) mass is 774 g/mol. The molecule has 58 heavy (non-hydrogen) atoms. The second-order valence-corrected chi connectivity index (χ2v) is 14.5. The summed E-state index contributed by atoms with van der Waals surface area (Å²) in [6.07, 6.45) is 3.12. The highest BCUT2D eigenvalue weighted by Gasteiger charge is 2.39. The number of anilines is 2. The van der Waals surface area contributed by atoms with Gasteiger partial charge in [0.2, 0.25) is 11.9 Å². The first-order chi connectivity index (χ1) is 28.4. The van der Waals surface area contributed by atoms with Crippen molar-refractivity contribution in [2.75, 3.05) is 24.9 Å². The molecule has 0 fully saturated rings. The average Bonchev–Trinajstić information content (AvgIpc) is 3.85. The van der Waals surface area contributed by atoms with E-state index >= 15 is 0 Å². The number of allylic oxidation sites excluding steroid dienone is 2. The highest BCUT2D eigenvalue weighted by molar-refractivity contribution is 6.07. The topological polar surface area (TPSA) is 178 Å². The fraction of sp³-hybridized carbons (Fsp3) is 0.227. The number of methoxy groups -OCH3 is 2. The van der Waals surface area contributed by atoms with Crippen molar-refractivity contribution in [3.63, 3.8) is 0 Å². The number of fused-ring (bicyclic) bond motifs is 2. The first kappa shape index (κ1) is 35.2. The van der Waals surface area contributed by atoms with Crippen LogP contribution in [0.15, 0.2) is 132 Å². The van der Waals surface area contributed by atoms with Crippen molar-refractivity contribution in [1.29, 1.82) is 0 Å². The van der Waals surface area contributed by atoms with E-state index in [0.29, 0.717) is 82.9 Å². The number of aliphatic imine (C=N–C) groups is 2. The lowest BCUT2D eigenvalue weighted by molar-refractivity contribution is -0.118. The van der Waals surface area contributed by atoms with Gasteiger partial charge in [0.15, 0.2) is 22.7 Å². The molecule has 4 aromatic carbocycles. The zero-order chi connectivity index (χ0) is 39.3. The van der Waals surface area contributed by atoms with Crippen LogP contribution in [0.4, 0.5) is 12.0 Å². The summed E-state index contributed by atoms with van der Waals surface area (Å²) >= 11 is 0. The maximum Gasteiger partial charge on any atom is 0.302 e. The SMILES string of the molecule is COc1cccc(C2N=C(Nc3nc4ccccc4o3)NC3=C2C(=O)C(c2ccc4oc(NC5=NC(c6ccccc6OC)C6=C(CCCC6=O)N5)nc4c2)CC3)c1. The van der Waals surface area contributed by atoms with Gasteiger partial charge in [0, 0.05) is 40.4 Å². The fourth-order valence-corrected chi connectivity index (χ4v) is 8.33. The number of hydrogen-bond donors (Lipinski definition) is 4. The van der Waals surface area contributed by atoms with Crippen molar-refractivity contribution in [1.82, 2.24) is 20.6 Å². The Morgan fingerprint density at radius 3 is 2.19 bits per heavy atom. The van der Waals surface area contributed by atoms with Gasteiger partial charge in [-0.1, -0.05) is 48.5 Å². The maximum atomic E-state index is 14.6. The number of para-hydroxylation sites is 3. The van der Waals surface area contributed by atoms with Gasteiger partial charge >= 0.3 is 12.0 Å². The van der Waals surface area contributed by atoms with Gasteiger partial charge in [0.1, 0.15) is 34.6 Å². The van der Waals surface area contributed by atoms with Gasteiger partial charge in [0.05, 0.1) is 14.2 Å². The standard InChI is InChI=1S/C44H38N8O6/c1-55-25-10-7-9-24(21-25)38-37-30(46-41(49-38)51-43-47-28-12-4-6-16-34(28)57-43)19-18-26(40(37)54)23-17-20-35-31(22-23)48-44(58-35)52-42-45-29-13-8-14-32(53)36(29)39(50-42)27-11-3-5-15-33(27)56-2/h3-7,9-12,15-17,20-22,26,38-39H,8,13-14,18-19H2,1-2H3,(H2,45,48,50,52)(H2,46,47,49,51). The van der Waals surface area contributed by atoms with E-state index in [0.717, 1.165) is 40.0 Å². The van der Waals surface area contributed by atoms with Crippen molar-refractivity contribution in [3.8, 4) is 11.5 Å². The lowest BCUT2D eigenvalue weighted by Gasteiger charge is -2.33. The summed E-state index contributed by atoms with van der Waals surface area (Å²) in [5.41, 5.74) is 7.82. The second-order valence-electron chi connectivity index (χ2n) is 14.5. The van der Waals surface area contributed by atoms with E-state index in [1.807, 2.05) is 91.0 Å². The highest BCUT2D eigenvalue weighted by Crippen LogP contribution is 2.43. The molecule has 0 saturated heterocycles. The van der Waals surface area contributed by atoms with Crippen LogP contribution >= 0.6 is 0 Å². The molecule has 0 bridgehead atoms. The summed E-state index contributed by atoms with van der Waals surface area (Å²) in [5, 5.41) is 13.1. The fourth-order valence-electron chi connectivity index (χ4n) is 8.33. The Kier molecular flexibility index (Phi) is 8.73. The van der Waals surface area contributed by atoms with Gasteiger partial charge in [-0.25, -0.2) is 9.98 Å². The van der Waals surface area contributed by atoms with Crippen LogP contribution < -0.4 is 30.7 Å². The number of Topliss-reactive ketones (excluding diaryl/α,β-unsaturated/α-hetero) is 2. The number of carbonyl (C=O) groups is 2.